The average Bonchev–Trinajstić information content (AvgIpc) is 2.29. The van der Waals surface area contributed by atoms with Gasteiger partial charge in [0.2, 0.25) is 0 Å². The summed E-state index contributed by atoms with van der Waals surface area (Å²) in [5.41, 5.74) is 5.46. The van der Waals surface area contributed by atoms with Crippen LogP contribution in [0.3, 0.4) is 0 Å². The van der Waals surface area contributed by atoms with E-state index in [1.165, 1.54) is 77.4 Å². The third kappa shape index (κ3) is 6.91. The van der Waals surface area contributed by atoms with E-state index in [1.807, 2.05) is 0 Å². The zero-order valence-corrected chi connectivity index (χ0v) is 10.2. The van der Waals surface area contributed by atoms with Crippen molar-refractivity contribution in [2.45, 2.75) is 57.8 Å². The Hall–Kier alpha value is -0.0800. The molecule has 0 atom stereocenters. The maximum absolute atomic E-state index is 5.46. The molecule has 1 aliphatic heterocycles. The lowest BCUT2D eigenvalue weighted by molar-refractivity contribution is 0.224. The largest absolute Gasteiger partial charge is 0.330 e. The summed E-state index contributed by atoms with van der Waals surface area (Å²) in [4.78, 5) is 2.64. The quantitative estimate of drug-likeness (QED) is 0.627. The van der Waals surface area contributed by atoms with Crippen molar-refractivity contribution in [2.75, 3.05) is 26.2 Å². The Kier molecular flexibility index (Phi) is 7.94. The van der Waals surface area contributed by atoms with Gasteiger partial charge >= 0.3 is 0 Å². The second-order valence-corrected chi connectivity index (χ2v) is 4.81. The summed E-state index contributed by atoms with van der Waals surface area (Å²) >= 11 is 0. The number of piperidine rings is 1. The van der Waals surface area contributed by atoms with E-state index in [0.717, 1.165) is 6.54 Å². The molecular weight excluding hydrogens is 184 g/mol. The van der Waals surface area contributed by atoms with E-state index in [4.69, 9.17) is 5.73 Å². The Labute approximate surface area is 95.2 Å². The molecule has 1 heterocycles. The molecule has 2 N–H and O–H groups in total. The van der Waals surface area contributed by atoms with Crippen molar-refractivity contribution >= 4 is 0 Å². The molecule has 1 rings (SSSR count). The zero-order valence-electron chi connectivity index (χ0n) is 10.2. The van der Waals surface area contributed by atoms with Crippen LogP contribution in [0, 0.1) is 0 Å². The van der Waals surface area contributed by atoms with Crippen molar-refractivity contribution in [3.63, 3.8) is 0 Å². The fourth-order valence-electron chi connectivity index (χ4n) is 2.37. The summed E-state index contributed by atoms with van der Waals surface area (Å²) in [6.07, 6.45) is 12.5. The molecule has 1 aliphatic rings. The van der Waals surface area contributed by atoms with E-state index >= 15 is 0 Å². The molecule has 0 aromatic heterocycles. The minimum Gasteiger partial charge on any atom is -0.330 e. The fourth-order valence-corrected chi connectivity index (χ4v) is 2.37. The van der Waals surface area contributed by atoms with Crippen molar-refractivity contribution in [3.05, 3.63) is 0 Å². The molecule has 0 aromatic rings. The lowest BCUT2D eigenvalue weighted by atomic mass is 10.1. The lowest BCUT2D eigenvalue weighted by Crippen LogP contribution is -2.30. The van der Waals surface area contributed by atoms with Crippen molar-refractivity contribution in [1.29, 1.82) is 0 Å². The summed E-state index contributed by atoms with van der Waals surface area (Å²) < 4.78 is 0. The Morgan fingerprint density at radius 1 is 0.733 bits per heavy atom. The predicted octanol–water partition coefficient (Wildman–Crippen LogP) is 2.77. The summed E-state index contributed by atoms with van der Waals surface area (Å²) in [5, 5.41) is 0. The summed E-state index contributed by atoms with van der Waals surface area (Å²) in [5.74, 6) is 0. The van der Waals surface area contributed by atoms with Crippen LogP contribution in [-0.2, 0) is 0 Å². The fraction of sp³-hybridized carbons (Fsp3) is 1.00. The molecule has 0 radical (unpaired) electrons. The van der Waals surface area contributed by atoms with Gasteiger partial charge < -0.3 is 10.6 Å². The van der Waals surface area contributed by atoms with Crippen LogP contribution < -0.4 is 5.73 Å². The summed E-state index contributed by atoms with van der Waals surface area (Å²) in [6.45, 7) is 4.92. The van der Waals surface area contributed by atoms with Gasteiger partial charge in [0.05, 0.1) is 0 Å². The standard InChI is InChI=1S/C13H28N2/c14-10-6-3-1-2-4-7-11-15-12-8-5-9-13-15/h1-14H2. The molecule has 15 heavy (non-hydrogen) atoms. The lowest BCUT2D eigenvalue weighted by Gasteiger charge is -2.26. The van der Waals surface area contributed by atoms with Crippen molar-refractivity contribution in [1.82, 2.24) is 4.90 Å². The number of nitrogens with two attached hydrogens (primary N) is 1. The second-order valence-electron chi connectivity index (χ2n) is 4.81. The van der Waals surface area contributed by atoms with Crippen LogP contribution in [0.15, 0.2) is 0 Å². The predicted molar refractivity (Wildman–Crippen MR) is 67.0 cm³/mol. The van der Waals surface area contributed by atoms with Gasteiger partial charge in [-0.15, -0.1) is 0 Å². The first kappa shape index (κ1) is 13.0. The van der Waals surface area contributed by atoms with Crippen molar-refractivity contribution in [2.24, 2.45) is 5.73 Å². The number of hydrogen-bond donors (Lipinski definition) is 1. The van der Waals surface area contributed by atoms with Crippen LogP contribution in [0.4, 0.5) is 0 Å². The van der Waals surface area contributed by atoms with E-state index in [1.54, 1.807) is 0 Å². The first-order chi connectivity index (χ1) is 7.43. The highest BCUT2D eigenvalue weighted by molar-refractivity contribution is 4.64. The Morgan fingerprint density at radius 3 is 2.00 bits per heavy atom. The maximum Gasteiger partial charge on any atom is -0.00187 e. The van der Waals surface area contributed by atoms with Crippen LogP contribution in [-0.4, -0.2) is 31.1 Å². The SMILES string of the molecule is NCCCCCCCCN1CCCCC1. The van der Waals surface area contributed by atoms with E-state index < -0.39 is 0 Å². The molecule has 1 fully saturated rings. The van der Waals surface area contributed by atoms with Crippen LogP contribution in [0.5, 0.6) is 0 Å². The van der Waals surface area contributed by atoms with Gasteiger partial charge in [-0.25, -0.2) is 0 Å². The first-order valence-electron chi connectivity index (χ1n) is 6.86. The van der Waals surface area contributed by atoms with Gasteiger partial charge in [0, 0.05) is 0 Å². The van der Waals surface area contributed by atoms with Gasteiger partial charge in [0.1, 0.15) is 0 Å². The molecule has 2 nitrogen and oxygen atoms in total. The van der Waals surface area contributed by atoms with Crippen molar-refractivity contribution < 1.29 is 0 Å². The highest BCUT2D eigenvalue weighted by Crippen LogP contribution is 2.11. The van der Waals surface area contributed by atoms with Crippen molar-refractivity contribution in [3.8, 4) is 0 Å². The molecule has 0 saturated carbocycles. The van der Waals surface area contributed by atoms with Crippen LogP contribution in [0.25, 0.3) is 0 Å². The number of unbranched alkanes of at least 4 members (excludes halogenated alkanes) is 5. The molecule has 0 aromatic carbocycles. The highest BCUT2D eigenvalue weighted by atomic mass is 15.1. The van der Waals surface area contributed by atoms with E-state index in [-0.39, 0.29) is 0 Å². The van der Waals surface area contributed by atoms with Gasteiger partial charge in [-0.05, 0) is 51.9 Å². The minimum absolute atomic E-state index is 0.869. The summed E-state index contributed by atoms with van der Waals surface area (Å²) in [7, 11) is 0. The normalized spacial score (nSPS) is 18.2. The monoisotopic (exact) mass is 212 g/mol. The number of rotatable bonds is 8. The molecule has 0 unspecified atom stereocenters. The van der Waals surface area contributed by atoms with Crippen LogP contribution in [0.2, 0.25) is 0 Å². The molecule has 0 amide bonds. The Balaban J connectivity index is 1.79. The molecule has 0 aliphatic carbocycles. The van der Waals surface area contributed by atoms with E-state index in [0.29, 0.717) is 0 Å². The Morgan fingerprint density at radius 2 is 1.33 bits per heavy atom. The third-order valence-corrected chi connectivity index (χ3v) is 3.38. The summed E-state index contributed by atoms with van der Waals surface area (Å²) in [6, 6.07) is 0. The smallest absolute Gasteiger partial charge is 0.00187 e. The topological polar surface area (TPSA) is 29.3 Å². The molecule has 1 saturated heterocycles. The van der Waals surface area contributed by atoms with Gasteiger partial charge in [-0.3, -0.25) is 0 Å². The number of hydrogen-bond acceptors (Lipinski definition) is 2. The molecule has 0 spiro atoms. The Bertz CT molecular complexity index is 130. The third-order valence-electron chi connectivity index (χ3n) is 3.38. The first-order valence-corrected chi connectivity index (χ1v) is 6.86. The zero-order chi connectivity index (χ0) is 10.8. The highest BCUT2D eigenvalue weighted by Gasteiger charge is 2.08. The van der Waals surface area contributed by atoms with Crippen LogP contribution in [0.1, 0.15) is 57.8 Å². The average molecular weight is 212 g/mol. The van der Waals surface area contributed by atoms with E-state index in [2.05, 4.69) is 4.90 Å². The van der Waals surface area contributed by atoms with Gasteiger partial charge in [-0.1, -0.05) is 32.1 Å². The van der Waals surface area contributed by atoms with Gasteiger partial charge in [0.25, 0.3) is 0 Å². The number of nitrogens with zero attached hydrogens (tertiary/aromatic N) is 1. The molecule has 2 heteroatoms. The molecular formula is C13H28N2. The number of likely N-dealkylation sites (tertiary alicyclic amines) is 1. The maximum atomic E-state index is 5.46. The van der Waals surface area contributed by atoms with Gasteiger partial charge in [-0.2, -0.15) is 0 Å². The molecule has 90 valence electrons. The van der Waals surface area contributed by atoms with Gasteiger partial charge in [0.15, 0.2) is 0 Å². The van der Waals surface area contributed by atoms with Crippen LogP contribution >= 0.6 is 0 Å². The minimum atomic E-state index is 0.869. The second kappa shape index (κ2) is 9.17. The van der Waals surface area contributed by atoms with E-state index in [9.17, 15) is 0 Å². The molecule has 0 bridgehead atoms.